The lowest BCUT2D eigenvalue weighted by Crippen LogP contribution is -2.46. The lowest BCUT2D eigenvalue weighted by atomic mass is 9.76. The molecule has 39 heavy (non-hydrogen) atoms. The zero-order chi connectivity index (χ0) is 27.6. The predicted molar refractivity (Wildman–Crippen MR) is 146 cm³/mol. The van der Waals surface area contributed by atoms with Crippen molar-refractivity contribution in [1.29, 1.82) is 0 Å². The highest BCUT2D eigenvalue weighted by Gasteiger charge is 2.48. The van der Waals surface area contributed by atoms with Gasteiger partial charge in [-0.25, -0.2) is 14.3 Å². The van der Waals surface area contributed by atoms with Gasteiger partial charge in [0.2, 0.25) is 0 Å². The largest absolute Gasteiger partial charge is 0.512 e. The van der Waals surface area contributed by atoms with Gasteiger partial charge < -0.3 is 19.7 Å². The molecule has 0 saturated heterocycles. The average Bonchev–Trinajstić information content (AvgIpc) is 3.59. The van der Waals surface area contributed by atoms with E-state index in [0.29, 0.717) is 24.4 Å². The van der Waals surface area contributed by atoms with Gasteiger partial charge in [-0.2, -0.15) is 4.98 Å². The van der Waals surface area contributed by atoms with E-state index in [1.807, 2.05) is 32.0 Å². The van der Waals surface area contributed by atoms with Crippen molar-refractivity contribution < 1.29 is 24.5 Å². The van der Waals surface area contributed by atoms with Crippen molar-refractivity contribution in [1.82, 2.24) is 19.6 Å². The van der Waals surface area contributed by atoms with Gasteiger partial charge >= 0.3 is 5.97 Å². The molecule has 1 aromatic carbocycles. The monoisotopic (exact) mass is 534 g/mol. The summed E-state index contributed by atoms with van der Waals surface area (Å²) in [5, 5.41) is 24.8. The van der Waals surface area contributed by atoms with Crippen molar-refractivity contribution in [3.05, 3.63) is 63.9 Å². The number of ether oxygens (including phenoxy) is 2. The van der Waals surface area contributed by atoms with Crippen molar-refractivity contribution in [3.63, 3.8) is 0 Å². The number of hydrogen-bond acceptors (Lipinski definition) is 8. The van der Waals surface area contributed by atoms with E-state index in [0.717, 1.165) is 66.8 Å². The van der Waals surface area contributed by atoms with E-state index >= 15 is 0 Å². The standard InChI is InChI=1S/C30H38N4O5/c1-4-22-16-21(9-10-26(22)38-14-13-35)11-12-30(23-7-5-6-8-23)18-25(36)24(28(37)39-30)17-27-32-29-31-19(2)15-20(3)34(29)33-27/h9-10,15-16,23,35-36H,4-8,11-14,17-18H2,1-3H3. The number of benzene rings is 1. The van der Waals surface area contributed by atoms with Crippen LogP contribution in [0.15, 0.2) is 35.6 Å². The van der Waals surface area contributed by atoms with E-state index in [2.05, 4.69) is 28.1 Å². The first-order valence-corrected chi connectivity index (χ1v) is 14.0. The number of esters is 1. The van der Waals surface area contributed by atoms with Gasteiger partial charge in [0, 0.05) is 24.2 Å². The highest BCUT2D eigenvalue weighted by molar-refractivity contribution is 5.90. The van der Waals surface area contributed by atoms with Crippen molar-refractivity contribution in [3.8, 4) is 5.75 Å². The van der Waals surface area contributed by atoms with Gasteiger partial charge in [0.05, 0.1) is 12.2 Å². The molecule has 1 aliphatic heterocycles. The zero-order valence-electron chi connectivity index (χ0n) is 23.1. The second-order valence-electron chi connectivity index (χ2n) is 10.9. The van der Waals surface area contributed by atoms with Gasteiger partial charge in [-0.3, -0.25) is 0 Å². The van der Waals surface area contributed by atoms with Crippen LogP contribution in [0.2, 0.25) is 0 Å². The predicted octanol–water partition coefficient (Wildman–Crippen LogP) is 4.54. The number of aromatic nitrogens is 4. The van der Waals surface area contributed by atoms with E-state index < -0.39 is 11.6 Å². The highest BCUT2D eigenvalue weighted by Crippen LogP contribution is 2.46. The molecular weight excluding hydrogens is 496 g/mol. The van der Waals surface area contributed by atoms with Gasteiger partial charge in [-0.15, -0.1) is 5.10 Å². The Morgan fingerprint density at radius 1 is 1.18 bits per heavy atom. The number of aliphatic hydroxyl groups is 2. The lowest BCUT2D eigenvalue weighted by molar-refractivity contribution is -0.167. The molecule has 2 aliphatic rings. The third-order valence-electron chi connectivity index (χ3n) is 8.15. The molecule has 0 bridgehead atoms. The van der Waals surface area contributed by atoms with Gasteiger partial charge in [0.1, 0.15) is 23.7 Å². The van der Waals surface area contributed by atoms with E-state index in [1.165, 1.54) is 0 Å². The minimum Gasteiger partial charge on any atom is -0.512 e. The smallest absolute Gasteiger partial charge is 0.338 e. The fraction of sp³-hybridized carbons (Fsp3) is 0.533. The number of aryl methyl sites for hydroxylation is 4. The van der Waals surface area contributed by atoms with E-state index in [4.69, 9.17) is 14.6 Å². The van der Waals surface area contributed by atoms with Gasteiger partial charge in [-0.05, 0) is 75.1 Å². The second kappa shape index (κ2) is 11.3. The van der Waals surface area contributed by atoms with Crippen LogP contribution < -0.4 is 4.74 Å². The quantitative estimate of drug-likeness (QED) is 0.364. The van der Waals surface area contributed by atoms with Crippen molar-refractivity contribution in [2.45, 2.75) is 84.2 Å². The molecule has 3 heterocycles. The summed E-state index contributed by atoms with van der Waals surface area (Å²) in [4.78, 5) is 22.3. The van der Waals surface area contributed by atoms with Crippen LogP contribution in [-0.4, -0.2) is 54.6 Å². The van der Waals surface area contributed by atoms with Gasteiger partial charge in [0.15, 0.2) is 5.82 Å². The van der Waals surface area contributed by atoms with Gasteiger partial charge in [-0.1, -0.05) is 31.9 Å². The molecule has 5 rings (SSSR count). The molecule has 2 aromatic heterocycles. The molecule has 0 radical (unpaired) electrons. The molecule has 1 atom stereocenters. The summed E-state index contributed by atoms with van der Waals surface area (Å²) in [5.74, 6) is 1.51. The normalized spacial score (nSPS) is 20.2. The molecule has 9 nitrogen and oxygen atoms in total. The highest BCUT2D eigenvalue weighted by atomic mass is 16.6. The maximum absolute atomic E-state index is 13.4. The van der Waals surface area contributed by atoms with Crippen LogP contribution in [0.25, 0.3) is 5.78 Å². The number of aliphatic hydroxyl groups excluding tert-OH is 2. The SMILES string of the molecule is CCc1cc(CCC2(C3CCCC3)CC(O)=C(Cc3nc4nc(C)cc(C)n4n3)C(=O)O2)ccc1OCCO. The van der Waals surface area contributed by atoms with E-state index in [-0.39, 0.29) is 36.9 Å². The number of hydrogen-bond donors (Lipinski definition) is 2. The first-order chi connectivity index (χ1) is 18.8. The third-order valence-corrected chi connectivity index (χ3v) is 8.15. The van der Waals surface area contributed by atoms with Crippen LogP contribution >= 0.6 is 0 Å². The molecule has 1 aliphatic carbocycles. The molecule has 0 spiro atoms. The van der Waals surface area contributed by atoms with Crippen LogP contribution in [0.3, 0.4) is 0 Å². The Kier molecular flexibility index (Phi) is 7.88. The maximum Gasteiger partial charge on any atom is 0.338 e. The van der Waals surface area contributed by atoms with E-state index in [1.54, 1.807) is 4.52 Å². The van der Waals surface area contributed by atoms with Crippen LogP contribution in [0.1, 0.15) is 73.8 Å². The summed E-state index contributed by atoms with van der Waals surface area (Å²) in [6.07, 6.45) is 6.77. The van der Waals surface area contributed by atoms with Crippen molar-refractivity contribution in [2.24, 2.45) is 5.92 Å². The van der Waals surface area contributed by atoms with Gasteiger partial charge in [0.25, 0.3) is 5.78 Å². The summed E-state index contributed by atoms with van der Waals surface area (Å²) in [7, 11) is 0. The number of nitrogens with zero attached hydrogens (tertiary/aromatic N) is 4. The Labute approximate surface area is 228 Å². The van der Waals surface area contributed by atoms with Crippen LogP contribution in [0.5, 0.6) is 5.75 Å². The summed E-state index contributed by atoms with van der Waals surface area (Å²) in [5.41, 5.74) is 3.46. The van der Waals surface area contributed by atoms with Crippen LogP contribution in [-0.2, 0) is 28.8 Å². The maximum atomic E-state index is 13.4. The fourth-order valence-corrected chi connectivity index (χ4v) is 6.15. The Bertz CT molecular complexity index is 1390. The third kappa shape index (κ3) is 5.64. The Morgan fingerprint density at radius 3 is 2.69 bits per heavy atom. The zero-order valence-corrected chi connectivity index (χ0v) is 23.1. The van der Waals surface area contributed by atoms with Crippen LogP contribution in [0, 0.1) is 19.8 Å². The molecule has 3 aromatic rings. The van der Waals surface area contributed by atoms with Crippen molar-refractivity contribution >= 4 is 11.7 Å². The fourth-order valence-electron chi connectivity index (χ4n) is 6.15. The Balaban J connectivity index is 1.37. The molecular formula is C30H38N4O5. The van der Waals surface area contributed by atoms with Crippen molar-refractivity contribution in [2.75, 3.05) is 13.2 Å². The summed E-state index contributed by atoms with van der Waals surface area (Å²) in [6.45, 7) is 6.15. The lowest BCUT2D eigenvalue weighted by Gasteiger charge is -2.41. The molecule has 2 N–H and O–H groups in total. The summed E-state index contributed by atoms with van der Waals surface area (Å²) < 4.78 is 13.6. The molecule has 208 valence electrons. The molecule has 1 saturated carbocycles. The second-order valence-corrected chi connectivity index (χ2v) is 10.9. The Morgan fingerprint density at radius 2 is 1.97 bits per heavy atom. The number of carbonyl (C=O) groups excluding carboxylic acids is 1. The summed E-state index contributed by atoms with van der Waals surface area (Å²) in [6, 6.07) is 8.04. The molecule has 1 unspecified atom stereocenters. The first-order valence-electron chi connectivity index (χ1n) is 14.0. The number of cyclic esters (lactones) is 1. The molecule has 9 heteroatoms. The number of fused-ring (bicyclic) bond motifs is 1. The molecule has 1 fully saturated rings. The summed E-state index contributed by atoms with van der Waals surface area (Å²) >= 11 is 0. The number of carbonyl (C=O) groups is 1. The minimum atomic E-state index is -0.735. The Hall–Kier alpha value is -3.46. The number of rotatable bonds is 10. The average molecular weight is 535 g/mol. The van der Waals surface area contributed by atoms with E-state index in [9.17, 15) is 9.90 Å². The minimum absolute atomic E-state index is 0.0252. The first kappa shape index (κ1) is 27.1. The molecule has 0 amide bonds. The topological polar surface area (TPSA) is 119 Å². The van der Waals surface area contributed by atoms with Crippen LogP contribution in [0.4, 0.5) is 0 Å².